The lowest BCUT2D eigenvalue weighted by molar-refractivity contribution is -0.144. The number of hydrogen-bond acceptors (Lipinski definition) is 4. The van der Waals surface area contributed by atoms with Gasteiger partial charge in [-0.05, 0) is 44.0 Å². The molecule has 3 amide bonds. The minimum atomic E-state index is -1.20. The Morgan fingerprint density at radius 2 is 1.45 bits per heavy atom. The normalized spacial score (nSPS) is 17.7. The van der Waals surface area contributed by atoms with Gasteiger partial charge in [0.15, 0.2) is 0 Å². The molecule has 33 heavy (non-hydrogen) atoms. The largest absolute Gasteiger partial charge is 0.480 e. The first-order valence-corrected chi connectivity index (χ1v) is 10.8. The zero-order chi connectivity index (χ0) is 23.8. The van der Waals surface area contributed by atoms with Gasteiger partial charge in [-0.25, -0.2) is 14.4 Å². The van der Waals surface area contributed by atoms with Crippen LogP contribution in [0, 0.1) is 0 Å². The predicted molar refractivity (Wildman–Crippen MR) is 125 cm³/mol. The lowest BCUT2D eigenvalue weighted by Crippen LogP contribution is -2.61. The molecule has 1 atom stereocenters. The molecule has 0 saturated carbocycles. The molecule has 8 heteroatoms. The zero-order valence-corrected chi connectivity index (χ0v) is 18.9. The first-order valence-electron chi connectivity index (χ1n) is 10.8. The highest BCUT2D eigenvalue weighted by atomic mass is 16.6. The molecule has 1 fully saturated rings. The molecule has 2 heterocycles. The Hall–Kier alpha value is -3.81. The number of anilines is 2. The van der Waals surface area contributed by atoms with Crippen LogP contribution in [0.5, 0.6) is 0 Å². The van der Waals surface area contributed by atoms with E-state index in [0.717, 1.165) is 11.1 Å². The number of carboxylic acid groups (broad SMARTS) is 1. The van der Waals surface area contributed by atoms with E-state index in [-0.39, 0.29) is 19.6 Å². The number of piperazine rings is 1. The summed E-state index contributed by atoms with van der Waals surface area (Å²) in [4.78, 5) is 42.8. The number of rotatable bonds is 1. The summed E-state index contributed by atoms with van der Waals surface area (Å²) in [5.41, 5.74) is 2.34. The molecule has 2 aliphatic rings. The number of amides is 3. The third kappa shape index (κ3) is 4.55. The number of aliphatic carboxylic acids is 1. The summed E-state index contributed by atoms with van der Waals surface area (Å²) in [5.74, 6) is -1.17. The highest BCUT2D eigenvalue weighted by Gasteiger charge is 2.41. The SMILES string of the molecule is CC(C)(C)OC(=O)N1CCN(C(=O)N2c3ccccc3C=Cc3ccccc32)[C@H](C(=O)O)C1. The van der Waals surface area contributed by atoms with Gasteiger partial charge in [0.2, 0.25) is 0 Å². The first-order chi connectivity index (χ1) is 15.7. The average molecular weight is 450 g/mol. The van der Waals surface area contributed by atoms with Crippen molar-refractivity contribution in [3.8, 4) is 0 Å². The van der Waals surface area contributed by atoms with Crippen LogP contribution < -0.4 is 4.90 Å². The minimum absolute atomic E-state index is 0.0727. The van der Waals surface area contributed by atoms with Gasteiger partial charge in [-0.1, -0.05) is 48.6 Å². The van der Waals surface area contributed by atoms with Crippen LogP contribution in [0.4, 0.5) is 21.0 Å². The highest BCUT2D eigenvalue weighted by Crippen LogP contribution is 2.37. The Morgan fingerprint density at radius 3 is 1.97 bits per heavy atom. The number of para-hydroxylation sites is 2. The van der Waals surface area contributed by atoms with Crippen LogP contribution in [-0.2, 0) is 9.53 Å². The Balaban J connectivity index is 1.67. The molecule has 2 aromatic carbocycles. The number of ether oxygens (including phenoxy) is 1. The molecule has 0 aromatic heterocycles. The molecule has 1 N–H and O–H groups in total. The van der Waals surface area contributed by atoms with Gasteiger partial charge in [0.25, 0.3) is 0 Å². The van der Waals surface area contributed by atoms with Gasteiger partial charge in [-0.2, -0.15) is 0 Å². The Labute approximate surface area is 192 Å². The third-order valence-electron chi connectivity index (χ3n) is 5.55. The van der Waals surface area contributed by atoms with Crippen LogP contribution in [0.2, 0.25) is 0 Å². The van der Waals surface area contributed by atoms with Gasteiger partial charge in [-0.15, -0.1) is 0 Å². The van der Waals surface area contributed by atoms with Crippen molar-refractivity contribution in [2.75, 3.05) is 24.5 Å². The van der Waals surface area contributed by atoms with Crippen molar-refractivity contribution in [1.82, 2.24) is 9.80 Å². The van der Waals surface area contributed by atoms with Gasteiger partial charge >= 0.3 is 18.1 Å². The number of carboxylic acids is 1. The Bertz CT molecular complexity index is 1070. The molecule has 0 radical (unpaired) electrons. The number of hydrogen-bond donors (Lipinski definition) is 1. The molecule has 0 unspecified atom stereocenters. The van der Waals surface area contributed by atoms with Gasteiger partial charge < -0.3 is 19.6 Å². The van der Waals surface area contributed by atoms with Crippen molar-refractivity contribution in [1.29, 1.82) is 0 Å². The van der Waals surface area contributed by atoms with Crippen molar-refractivity contribution < 1.29 is 24.2 Å². The second-order valence-electron chi connectivity index (χ2n) is 9.04. The maximum atomic E-state index is 13.9. The summed E-state index contributed by atoms with van der Waals surface area (Å²) in [7, 11) is 0. The van der Waals surface area contributed by atoms with Crippen LogP contribution in [0.1, 0.15) is 31.9 Å². The second-order valence-corrected chi connectivity index (χ2v) is 9.04. The smallest absolute Gasteiger partial charge is 0.410 e. The summed E-state index contributed by atoms with van der Waals surface area (Å²) in [5, 5.41) is 9.93. The third-order valence-corrected chi connectivity index (χ3v) is 5.55. The quantitative estimate of drug-likeness (QED) is 0.695. The second kappa shape index (κ2) is 8.61. The van der Waals surface area contributed by atoms with Crippen molar-refractivity contribution in [3.63, 3.8) is 0 Å². The van der Waals surface area contributed by atoms with Crippen molar-refractivity contribution in [3.05, 3.63) is 59.7 Å². The lowest BCUT2D eigenvalue weighted by atomic mass is 10.1. The van der Waals surface area contributed by atoms with Crippen molar-refractivity contribution in [2.24, 2.45) is 0 Å². The molecule has 8 nitrogen and oxygen atoms in total. The van der Waals surface area contributed by atoms with Crippen LogP contribution in [-0.4, -0.2) is 64.3 Å². The van der Waals surface area contributed by atoms with Crippen LogP contribution >= 0.6 is 0 Å². The molecule has 4 rings (SSSR count). The van der Waals surface area contributed by atoms with Crippen LogP contribution in [0.3, 0.4) is 0 Å². The molecular formula is C25H27N3O5. The minimum Gasteiger partial charge on any atom is -0.480 e. The van der Waals surface area contributed by atoms with Crippen molar-refractivity contribution >= 4 is 41.6 Å². The monoisotopic (exact) mass is 449 g/mol. The maximum absolute atomic E-state index is 13.9. The molecule has 0 spiro atoms. The fourth-order valence-electron chi connectivity index (χ4n) is 4.02. The van der Waals surface area contributed by atoms with Gasteiger partial charge in [0.1, 0.15) is 11.6 Å². The maximum Gasteiger partial charge on any atom is 0.410 e. The average Bonchev–Trinajstić information content (AvgIpc) is 2.94. The van der Waals surface area contributed by atoms with E-state index in [1.54, 1.807) is 25.7 Å². The number of carbonyl (C=O) groups excluding carboxylic acids is 2. The fraction of sp³-hybridized carbons (Fsp3) is 0.320. The zero-order valence-electron chi connectivity index (χ0n) is 18.9. The van der Waals surface area contributed by atoms with E-state index in [9.17, 15) is 19.5 Å². The Morgan fingerprint density at radius 1 is 0.909 bits per heavy atom. The summed E-state index contributed by atoms with van der Waals surface area (Å²) in [6.45, 7) is 5.36. The predicted octanol–water partition coefficient (Wildman–Crippen LogP) is 4.43. The molecular weight excluding hydrogens is 422 g/mol. The molecule has 0 aliphatic carbocycles. The van der Waals surface area contributed by atoms with Gasteiger partial charge in [-0.3, -0.25) is 4.90 Å². The van der Waals surface area contributed by atoms with E-state index >= 15 is 0 Å². The van der Waals surface area contributed by atoms with E-state index in [2.05, 4.69) is 0 Å². The summed E-state index contributed by atoms with van der Waals surface area (Å²) in [6.07, 6.45) is 3.29. The number of fused-ring (bicyclic) bond motifs is 2. The lowest BCUT2D eigenvalue weighted by Gasteiger charge is -2.41. The Kier molecular flexibility index (Phi) is 5.84. The number of carbonyl (C=O) groups is 3. The topological polar surface area (TPSA) is 90.4 Å². The number of nitrogens with zero attached hydrogens (tertiary/aromatic N) is 3. The molecule has 1 saturated heterocycles. The summed E-state index contributed by atoms with van der Waals surface area (Å²) >= 11 is 0. The summed E-state index contributed by atoms with van der Waals surface area (Å²) in [6, 6.07) is 13.3. The number of benzene rings is 2. The van der Waals surface area contributed by atoms with E-state index in [4.69, 9.17) is 4.74 Å². The van der Waals surface area contributed by atoms with Gasteiger partial charge in [0, 0.05) is 13.1 Å². The standard InChI is InChI=1S/C25H27N3O5/c1-25(2,3)33-24(32)26-14-15-27(21(16-26)22(29)30)23(31)28-19-10-6-4-8-17(19)12-13-18-9-5-7-11-20(18)28/h4-13,21H,14-16H2,1-3H3,(H,29,30)/t21-/m0/s1. The molecule has 172 valence electrons. The van der Waals surface area contributed by atoms with Crippen molar-refractivity contribution in [2.45, 2.75) is 32.4 Å². The molecule has 2 aromatic rings. The first kappa shape index (κ1) is 22.4. The molecule has 0 bridgehead atoms. The fourth-order valence-corrected chi connectivity index (χ4v) is 4.02. The highest BCUT2D eigenvalue weighted by molar-refractivity contribution is 6.06. The molecule has 2 aliphatic heterocycles. The van der Waals surface area contributed by atoms with Gasteiger partial charge in [0.05, 0.1) is 17.9 Å². The van der Waals surface area contributed by atoms with E-state index in [1.165, 1.54) is 9.80 Å². The van der Waals surface area contributed by atoms with E-state index in [0.29, 0.717) is 11.4 Å². The van der Waals surface area contributed by atoms with Crippen LogP contribution in [0.15, 0.2) is 48.5 Å². The van der Waals surface area contributed by atoms with Crippen LogP contribution in [0.25, 0.3) is 12.2 Å². The van der Waals surface area contributed by atoms with E-state index in [1.807, 2.05) is 60.7 Å². The van der Waals surface area contributed by atoms with E-state index < -0.39 is 29.7 Å². The summed E-state index contributed by atoms with van der Waals surface area (Å²) < 4.78 is 5.40. The number of urea groups is 1.